The molecule has 1 saturated carbocycles. The van der Waals surface area contributed by atoms with Gasteiger partial charge in [0.2, 0.25) is 5.91 Å². The zero-order valence-corrected chi connectivity index (χ0v) is 24.5. The Morgan fingerprint density at radius 2 is 1.62 bits per heavy atom. The van der Waals surface area contributed by atoms with E-state index in [1.54, 1.807) is 0 Å². The van der Waals surface area contributed by atoms with E-state index in [9.17, 15) is 9.59 Å². The molecule has 1 saturated heterocycles. The summed E-state index contributed by atoms with van der Waals surface area (Å²) in [6, 6.07) is 7.67. The van der Waals surface area contributed by atoms with Gasteiger partial charge < -0.3 is 20.3 Å². The number of piperidine rings is 1. The van der Waals surface area contributed by atoms with Crippen molar-refractivity contribution in [2.75, 3.05) is 19.6 Å². The van der Waals surface area contributed by atoms with Crippen molar-refractivity contribution < 1.29 is 14.3 Å². The summed E-state index contributed by atoms with van der Waals surface area (Å²) in [6.45, 7) is 14.2. The Balaban J connectivity index is 1.71. The Morgan fingerprint density at radius 3 is 2.16 bits per heavy atom. The van der Waals surface area contributed by atoms with Crippen LogP contribution in [-0.4, -0.2) is 53.7 Å². The quantitative estimate of drug-likeness (QED) is 0.428. The third-order valence-corrected chi connectivity index (χ3v) is 7.92. The van der Waals surface area contributed by atoms with Gasteiger partial charge in [-0.1, -0.05) is 43.0 Å². The van der Waals surface area contributed by atoms with Crippen molar-refractivity contribution >= 4 is 23.6 Å². The minimum Gasteiger partial charge on any atom is -0.444 e. The molecule has 2 N–H and O–H groups in total. The summed E-state index contributed by atoms with van der Waals surface area (Å²) >= 11 is 6.09. The molecule has 1 aromatic rings. The van der Waals surface area contributed by atoms with Gasteiger partial charge in [-0.25, -0.2) is 4.79 Å². The van der Waals surface area contributed by atoms with E-state index >= 15 is 0 Å². The second-order valence-electron chi connectivity index (χ2n) is 13.2. The lowest BCUT2D eigenvalue weighted by molar-refractivity contribution is -0.141. The molecule has 0 aromatic heterocycles. The number of rotatable bonds is 7. The molecule has 7 heteroatoms. The van der Waals surface area contributed by atoms with Crippen LogP contribution in [0.2, 0.25) is 5.02 Å². The minimum absolute atomic E-state index is 0.110. The van der Waals surface area contributed by atoms with Crippen LogP contribution in [0.3, 0.4) is 0 Å². The standard InChI is InChI=1S/C30H48ClN3O3/c1-28(2,3)33-26(35)30(23-10-8-7-9-11-23)16-18-34(19-17-30)21-25(32-27(36)37-29(4,5)6)20-22-12-14-24(31)15-13-22/h12-15,23,25H,7-11,16-21H2,1-6H3,(H,32,36)(H,33,35). The summed E-state index contributed by atoms with van der Waals surface area (Å²) in [4.78, 5) is 28.8. The average Bonchev–Trinajstić information content (AvgIpc) is 2.79. The van der Waals surface area contributed by atoms with Crippen LogP contribution in [0.5, 0.6) is 0 Å². The SMILES string of the molecule is CC(C)(C)NC(=O)C1(C2CCCCC2)CCN(CC(Cc2ccc(Cl)cc2)NC(=O)OC(C)(C)C)CC1. The number of hydrogen-bond acceptors (Lipinski definition) is 4. The van der Waals surface area contributed by atoms with E-state index in [1.165, 1.54) is 19.3 Å². The number of nitrogens with one attached hydrogen (secondary N) is 2. The van der Waals surface area contributed by atoms with Crippen LogP contribution in [0.15, 0.2) is 24.3 Å². The Bertz CT molecular complexity index is 890. The lowest BCUT2D eigenvalue weighted by atomic mass is 9.63. The molecule has 0 radical (unpaired) electrons. The zero-order chi connectivity index (χ0) is 27.3. The second-order valence-corrected chi connectivity index (χ2v) is 13.6. The molecule has 37 heavy (non-hydrogen) atoms. The van der Waals surface area contributed by atoms with Crippen LogP contribution in [0.1, 0.15) is 92.1 Å². The van der Waals surface area contributed by atoms with Crippen molar-refractivity contribution in [2.24, 2.45) is 11.3 Å². The van der Waals surface area contributed by atoms with E-state index in [2.05, 4.69) is 36.3 Å². The van der Waals surface area contributed by atoms with Gasteiger partial charge >= 0.3 is 6.09 Å². The van der Waals surface area contributed by atoms with E-state index in [4.69, 9.17) is 16.3 Å². The average molecular weight is 534 g/mol. The predicted molar refractivity (Wildman–Crippen MR) is 151 cm³/mol. The maximum absolute atomic E-state index is 13.7. The van der Waals surface area contributed by atoms with Crippen LogP contribution >= 0.6 is 11.6 Å². The number of amides is 2. The van der Waals surface area contributed by atoms with Crippen LogP contribution in [0.25, 0.3) is 0 Å². The normalized spacial score (nSPS) is 20.2. The Kier molecular flexibility index (Phi) is 9.96. The highest BCUT2D eigenvalue weighted by molar-refractivity contribution is 6.30. The van der Waals surface area contributed by atoms with Crippen LogP contribution in [-0.2, 0) is 16.0 Å². The third kappa shape index (κ3) is 9.17. The maximum Gasteiger partial charge on any atom is 0.407 e. The number of carbonyl (C=O) groups is 2. The number of hydrogen-bond donors (Lipinski definition) is 2. The molecule has 2 aliphatic rings. The summed E-state index contributed by atoms with van der Waals surface area (Å²) in [7, 11) is 0. The fourth-order valence-corrected chi connectivity index (χ4v) is 6.05. The number of carbonyl (C=O) groups excluding carboxylic acids is 2. The summed E-state index contributed by atoms with van der Waals surface area (Å²) in [5, 5.41) is 7.13. The number of likely N-dealkylation sites (tertiary alicyclic amines) is 1. The van der Waals surface area contributed by atoms with E-state index in [0.29, 0.717) is 23.9 Å². The summed E-state index contributed by atoms with van der Waals surface area (Å²) in [5.74, 6) is 0.687. The first kappa shape index (κ1) is 29.8. The highest BCUT2D eigenvalue weighted by atomic mass is 35.5. The Morgan fingerprint density at radius 1 is 1.03 bits per heavy atom. The lowest BCUT2D eigenvalue weighted by Crippen LogP contribution is -2.57. The topological polar surface area (TPSA) is 70.7 Å². The summed E-state index contributed by atoms with van der Waals surface area (Å²) in [6.07, 6.45) is 8.04. The molecule has 1 aliphatic carbocycles. The van der Waals surface area contributed by atoms with Crippen molar-refractivity contribution in [1.82, 2.24) is 15.5 Å². The minimum atomic E-state index is -0.556. The van der Waals surface area contributed by atoms with Gasteiger partial charge in [0.15, 0.2) is 0 Å². The van der Waals surface area contributed by atoms with Gasteiger partial charge in [0.1, 0.15) is 5.60 Å². The number of alkyl carbamates (subject to hydrolysis) is 1. The monoisotopic (exact) mass is 533 g/mol. The van der Waals surface area contributed by atoms with Crippen molar-refractivity contribution in [1.29, 1.82) is 0 Å². The number of benzene rings is 1. The maximum atomic E-state index is 13.7. The van der Waals surface area contributed by atoms with E-state index < -0.39 is 11.7 Å². The largest absolute Gasteiger partial charge is 0.444 e. The summed E-state index contributed by atoms with van der Waals surface area (Å²) in [5.41, 5.74) is 0.0226. The smallest absolute Gasteiger partial charge is 0.407 e. The number of nitrogens with zero attached hydrogens (tertiary/aromatic N) is 1. The first-order chi connectivity index (χ1) is 17.3. The van der Waals surface area contributed by atoms with Gasteiger partial charge in [-0.2, -0.15) is 0 Å². The fourth-order valence-electron chi connectivity index (χ4n) is 5.93. The van der Waals surface area contributed by atoms with E-state index in [-0.39, 0.29) is 22.9 Å². The van der Waals surface area contributed by atoms with Crippen molar-refractivity contribution in [2.45, 2.75) is 110 Å². The number of halogens is 1. The fraction of sp³-hybridized carbons (Fsp3) is 0.733. The molecule has 1 aliphatic heterocycles. The summed E-state index contributed by atoms with van der Waals surface area (Å²) < 4.78 is 5.56. The molecule has 208 valence electrons. The molecule has 3 rings (SSSR count). The molecule has 1 unspecified atom stereocenters. The van der Waals surface area contributed by atoms with Crippen LogP contribution < -0.4 is 10.6 Å². The molecule has 0 bridgehead atoms. The molecule has 0 spiro atoms. The predicted octanol–water partition coefficient (Wildman–Crippen LogP) is 6.35. The van der Waals surface area contributed by atoms with Gasteiger partial charge in [0, 0.05) is 23.1 Å². The zero-order valence-electron chi connectivity index (χ0n) is 23.8. The van der Waals surface area contributed by atoms with Crippen LogP contribution in [0.4, 0.5) is 4.79 Å². The van der Waals surface area contributed by atoms with E-state index in [0.717, 1.165) is 44.3 Å². The lowest BCUT2D eigenvalue weighted by Gasteiger charge is -2.48. The van der Waals surface area contributed by atoms with Gasteiger partial charge in [0.25, 0.3) is 0 Å². The van der Waals surface area contributed by atoms with Gasteiger partial charge in [0.05, 0.1) is 5.41 Å². The number of ether oxygens (including phenoxy) is 1. The molecule has 6 nitrogen and oxygen atoms in total. The molecule has 1 heterocycles. The van der Waals surface area contributed by atoms with Crippen molar-refractivity contribution in [3.05, 3.63) is 34.9 Å². The Labute approximate surface area is 229 Å². The van der Waals surface area contributed by atoms with Gasteiger partial charge in [-0.15, -0.1) is 0 Å². The second kappa shape index (κ2) is 12.4. The molecule has 1 aromatic carbocycles. The highest BCUT2D eigenvalue weighted by Crippen LogP contribution is 2.46. The molecular weight excluding hydrogens is 486 g/mol. The van der Waals surface area contributed by atoms with Crippen LogP contribution in [0, 0.1) is 11.3 Å². The molecule has 1 atom stereocenters. The highest BCUT2D eigenvalue weighted by Gasteiger charge is 2.48. The molecule has 2 amide bonds. The van der Waals surface area contributed by atoms with Crippen molar-refractivity contribution in [3.8, 4) is 0 Å². The Hall–Kier alpha value is -1.79. The first-order valence-corrected chi connectivity index (χ1v) is 14.4. The molecular formula is C30H48ClN3O3. The third-order valence-electron chi connectivity index (χ3n) is 7.67. The molecule has 2 fully saturated rings. The van der Waals surface area contributed by atoms with Gasteiger partial charge in [-0.05, 0) is 110 Å². The van der Waals surface area contributed by atoms with Crippen molar-refractivity contribution in [3.63, 3.8) is 0 Å². The van der Waals surface area contributed by atoms with E-state index in [1.807, 2.05) is 45.0 Å². The first-order valence-electron chi connectivity index (χ1n) is 14.0. The van der Waals surface area contributed by atoms with Gasteiger partial charge in [-0.3, -0.25) is 4.79 Å².